The zero-order valence-corrected chi connectivity index (χ0v) is 18.2. The number of rotatable bonds is 5. The molecule has 2 aliphatic heterocycles. The summed E-state index contributed by atoms with van der Waals surface area (Å²) in [5.74, 6) is 1.82. The summed E-state index contributed by atoms with van der Waals surface area (Å²) in [5, 5.41) is 7.13. The molecule has 8 heteroatoms. The maximum Gasteiger partial charge on any atom is 0.228 e. The van der Waals surface area contributed by atoms with Gasteiger partial charge in [-0.25, -0.2) is 4.98 Å². The van der Waals surface area contributed by atoms with Crippen molar-refractivity contribution in [2.75, 3.05) is 39.4 Å². The molecule has 1 fully saturated rings. The summed E-state index contributed by atoms with van der Waals surface area (Å²) in [5.41, 5.74) is 3.21. The normalized spacial score (nSPS) is 16.6. The number of nitrogens with zero attached hydrogens (tertiary/aromatic N) is 3. The highest BCUT2D eigenvalue weighted by Gasteiger charge is 2.22. The molecule has 5 rings (SSSR count). The maximum atomic E-state index is 12.7. The van der Waals surface area contributed by atoms with Crippen LogP contribution < -0.4 is 9.47 Å². The van der Waals surface area contributed by atoms with E-state index >= 15 is 0 Å². The Morgan fingerprint density at radius 1 is 1.03 bits per heavy atom. The molecular formula is C22H23N3O3S2. The molecule has 0 saturated carbocycles. The van der Waals surface area contributed by atoms with E-state index in [1.54, 1.807) is 22.7 Å². The molecule has 30 heavy (non-hydrogen) atoms. The van der Waals surface area contributed by atoms with E-state index in [1.807, 2.05) is 21.7 Å². The Labute approximate surface area is 183 Å². The van der Waals surface area contributed by atoms with Crippen LogP contribution in [-0.4, -0.2) is 60.1 Å². The number of aromatic nitrogens is 1. The van der Waals surface area contributed by atoms with Gasteiger partial charge in [0.05, 0.1) is 12.1 Å². The van der Waals surface area contributed by atoms with Crippen LogP contribution in [0.3, 0.4) is 0 Å². The fourth-order valence-electron chi connectivity index (χ4n) is 3.77. The molecule has 0 unspecified atom stereocenters. The molecule has 0 bridgehead atoms. The van der Waals surface area contributed by atoms with E-state index in [0.29, 0.717) is 19.6 Å². The Morgan fingerprint density at radius 2 is 1.87 bits per heavy atom. The van der Waals surface area contributed by atoms with Crippen LogP contribution in [0, 0.1) is 0 Å². The van der Waals surface area contributed by atoms with Crippen molar-refractivity contribution in [3.05, 3.63) is 51.7 Å². The minimum absolute atomic E-state index is 0.163. The van der Waals surface area contributed by atoms with Crippen molar-refractivity contribution >= 4 is 28.6 Å². The van der Waals surface area contributed by atoms with E-state index in [2.05, 4.69) is 33.5 Å². The van der Waals surface area contributed by atoms with Crippen molar-refractivity contribution < 1.29 is 14.3 Å². The zero-order valence-electron chi connectivity index (χ0n) is 16.6. The number of thiazole rings is 1. The van der Waals surface area contributed by atoms with Crippen LogP contribution in [-0.2, 0) is 17.8 Å². The maximum absolute atomic E-state index is 12.7. The van der Waals surface area contributed by atoms with Gasteiger partial charge in [-0.15, -0.1) is 11.3 Å². The first-order chi connectivity index (χ1) is 14.7. The lowest BCUT2D eigenvalue weighted by molar-refractivity contribution is -0.132. The van der Waals surface area contributed by atoms with Gasteiger partial charge >= 0.3 is 0 Å². The first-order valence-electron chi connectivity index (χ1n) is 10.1. The molecule has 2 aromatic heterocycles. The number of ether oxygens (including phenoxy) is 2. The summed E-state index contributed by atoms with van der Waals surface area (Å²) in [6.07, 6.45) is 0.378. The van der Waals surface area contributed by atoms with Crippen LogP contribution in [0.15, 0.2) is 40.4 Å². The van der Waals surface area contributed by atoms with Gasteiger partial charge in [-0.05, 0) is 29.1 Å². The molecule has 0 N–H and O–H groups in total. The lowest BCUT2D eigenvalue weighted by atomic mass is 10.1. The third-order valence-corrected chi connectivity index (χ3v) is 7.01. The summed E-state index contributed by atoms with van der Waals surface area (Å²) in [6.45, 7) is 5.32. The van der Waals surface area contributed by atoms with Crippen LogP contribution in [0.1, 0.15) is 11.3 Å². The third-order valence-electron chi connectivity index (χ3n) is 5.39. The number of carbonyl (C=O) groups is 1. The summed E-state index contributed by atoms with van der Waals surface area (Å²) < 4.78 is 11.3. The number of carbonyl (C=O) groups excluding carboxylic acids is 1. The lowest BCUT2D eigenvalue weighted by Crippen LogP contribution is -2.48. The van der Waals surface area contributed by atoms with E-state index in [9.17, 15) is 4.79 Å². The topological polar surface area (TPSA) is 54.9 Å². The molecule has 0 spiro atoms. The van der Waals surface area contributed by atoms with Crippen molar-refractivity contribution in [2.24, 2.45) is 0 Å². The Hall–Kier alpha value is -2.42. The molecule has 1 amide bonds. The van der Waals surface area contributed by atoms with Gasteiger partial charge in [0, 0.05) is 49.0 Å². The Kier molecular flexibility index (Phi) is 5.70. The van der Waals surface area contributed by atoms with E-state index < -0.39 is 0 Å². The Bertz CT molecular complexity index is 1010. The average molecular weight is 442 g/mol. The minimum atomic E-state index is 0.163. The highest BCUT2D eigenvalue weighted by molar-refractivity contribution is 7.14. The van der Waals surface area contributed by atoms with E-state index in [-0.39, 0.29) is 5.91 Å². The monoisotopic (exact) mass is 441 g/mol. The lowest BCUT2D eigenvalue weighted by Gasteiger charge is -2.34. The van der Waals surface area contributed by atoms with E-state index in [0.717, 1.165) is 60.5 Å². The number of piperazine rings is 1. The van der Waals surface area contributed by atoms with Crippen LogP contribution >= 0.6 is 22.7 Å². The predicted octanol–water partition coefficient (Wildman–Crippen LogP) is 3.53. The number of hydrogen-bond acceptors (Lipinski definition) is 7. The average Bonchev–Trinajstić information content (AvgIpc) is 3.46. The quantitative estimate of drug-likeness (QED) is 0.606. The summed E-state index contributed by atoms with van der Waals surface area (Å²) in [7, 11) is 0. The number of benzene rings is 1. The number of thiophene rings is 1. The van der Waals surface area contributed by atoms with Gasteiger partial charge in [-0.3, -0.25) is 9.69 Å². The standard InChI is InChI=1S/C22H23N3O3S2/c26-21(12-18-15-30-22(23-18)17-3-10-29-14-17)25-6-4-24(5-7-25)13-16-1-2-19-20(11-16)28-9-8-27-19/h1-3,10-11,14-15H,4-9,12-13H2. The van der Waals surface area contributed by atoms with Crippen molar-refractivity contribution in [1.29, 1.82) is 0 Å². The molecular weight excluding hydrogens is 418 g/mol. The Morgan fingerprint density at radius 3 is 2.67 bits per heavy atom. The van der Waals surface area contributed by atoms with Crippen LogP contribution in [0.5, 0.6) is 11.5 Å². The second-order valence-corrected chi connectivity index (χ2v) is 9.11. The number of amides is 1. The van der Waals surface area contributed by atoms with Gasteiger partial charge in [0.15, 0.2) is 11.5 Å². The molecule has 3 aromatic rings. The van der Waals surface area contributed by atoms with Crippen molar-refractivity contribution in [1.82, 2.24) is 14.8 Å². The molecule has 4 heterocycles. The smallest absolute Gasteiger partial charge is 0.228 e. The van der Waals surface area contributed by atoms with Gasteiger partial charge in [-0.2, -0.15) is 11.3 Å². The van der Waals surface area contributed by atoms with Crippen LogP contribution in [0.25, 0.3) is 10.6 Å². The molecule has 6 nitrogen and oxygen atoms in total. The number of fused-ring (bicyclic) bond motifs is 1. The van der Waals surface area contributed by atoms with E-state index in [1.165, 1.54) is 5.56 Å². The molecule has 0 radical (unpaired) electrons. The van der Waals surface area contributed by atoms with Gasteiger partial charge in [0.25, 0.3) is 0 Å². The van der Waals surface area contributed by atoms with Gasteiger partial charge < -0.3 is 14.4 Å². The fourth-order valence-corrected chi connectivity index (χ4v) is 5.31. The molecule has 156 valence electrons. The van der Waals surface area contributed by atoms with E-state index in [4.69, 9.17) is 9.47 Å². The fraction of sp³-hybridized carbons (Fsp3) is 0.364. The third kappa shape index (κ3) is 4.35. The molecule has 1 saturated heterocycles. The van der Waals surface area contributed by atoms with Crippen molar-refractivity contribution in [2.45, 2.75) is 13.0 Å². The minimum Gasteiger partial charge on any atom is -0.486 e. The SMILES string of the molecule is O=C(Cc1csc(-c2ccsc2)n1)N1CCN(Cc2ccc3c(c2)OCCO3)CC1. The van der Waals surface area contributed by atoms with Gasteiger partial charge in [-0.1, -0.05) is 6.07 Å². The summed E-state index contributed by atoms with van der Waals surface area (Å²) in [4.78, 5) is 21.7. The highest BCUT2D eigenvalue weighted by atomic mass is 32.1. The largest absolute Gasteiger partial charge is 0.486 e. The molecule has 0 atom stereocenters. The summed E-state index contributed by atoms with van der Waals surface area (Å²) in [6, 6.07) is 8.22. The first kappa shape index (κ1) is 19.5. The predicted molar refractivity (Wildman–Crippen MR) is 118 cm³/mol. The van der Waals surface area contributed by atoms with Crippen molar-refractivity contribution in [3.8, 4) is 22.1 Å². The molecule has 2 aliphatic rings. The van der Waals surface area contributed by atoms with Crippen LogP contribution in [0.4, 0.5) is 0 Å². The van der Waals surface area contributed by atoms with Gasteiger partial charge in [0.1, 0.15) is 18.2 Å². The molecule has 0 aliphatic carbocycles. The van der Waals surface area contributed by atoms with Crippen molar-refractivity contribution in [3.63, 3.8) is 0 Å². The second kappa shape index (κ2) is 8.75. The second-order valence-electron chi connectivity index (χ2n) is 7.47. The Balaban J connectivity index is 1.13. The zero-order chi connectivity index (χ0) is 20.3. The highest BCUT2D eigenvalue weighted by Crippen LogP contribution is 2.31. The first-order valence-corrected chi connectivity index (χ1v) is 11.9. The molecule has 1 aromatic carbocycles. The van der Waals surface area contributed by atoms with Gasteiger partial charge in [0.2, 0.25) is 5.91 Å². The number of hydrogen-bond donors (Lipinski definition) is 0. The van der Waals surface area contributed by atoms with Crippen LogP contribution in [0.2, 0.25) is 0 Å². The summed E-state index contributed by atoms with van der Waals surface area (Å²) >= 11 is 3.27.